The van der Waals surface area contributed by atoms with Crippen molar-refractivity contribution in [3.63, 3.8) is 0 Å². The molecule has 0 spiro atoms. The van der Waals surface area contributed by atoms with Crippen LogP contribution in [-0.4, -0.2) is 6.29 Å². The van der Waals surface area contributed by atoms with Crippen LogP contribution >= 0.6 is 0 Å². The number of fused-ring (bicyclic) bond motifs is 3. The maximum atomic E-state index is 11.1. The van der Waals surface area contributed by atoms with E-state index < -0.39 is 0 Å². The number of hydrogen-bond acceptors (Lipinski definition) is 1. The fourth-order valence-electron chi connectivity index (χ4n) is 2.78. The van der Waals surface area contributed by atoms with Gasteiger partial charge in [-0.3, -0.25) is 4.79 Å². The van der Waals surface area contributed by atoms with Crippen molar-refractivity contribution in [3.05, 3.63) is 59.2 Å². The summed E-state index contributed by atoms with van der Waals surface area (Å²) in [6.07, 6.45) is 1.93. The molecule has 3 rings (SSSR count). The van der Waals surface area contributed by atoms with Crippen molar-refractivity contribution in [1.29, 1.82) is 0 Å². The maximum absolute atomic E-state index is 11.1. The molecular weight excluding hydrogens is 208 g/mol. The Balaban J connectivity index is 2.31. The average molecular weight is 222 g/mol. The second kappa shape index (κ2) is 3.85. The van der Waals surface area contributed by atoms with Crippen molar-refractivity contribution in [2.24, 2.45) is 0 Å². The van der Waals surface area contributed by atoms with E-state index in [0.717, 1.165) is 18.3 Å². The number of benzene rings is 2. The summed E-state index contributed by atoms with van der Waals surface area (Å²) >= 11 is 0. The Hall–Kier alpha value is -1.89. The van der Waals surface area contributed by atoms with E-state index in [1.807, 2.05) is 12.1 Å². The van der Waals surface area contributed by atoms with Gasteiger partial charge in [-0.1, -0.05) is 49.4 Å². The molecule has 0 N–H and O–H groups in total. The van der Waals surface area contributed by atoms with Crippen LogP contribution in [-0.2, 0) is 6.42 Å². The zero-order valence-electron chi connectivity index (χ0n) is 9.81. The lowest BCUT2D eigenvalue weighted by Gasteiger charge is -2.26. The lowest BCUT2D eigenvalue weighted by atomic mass is 9.78. The molecular formula is C16H14O. The predicted molar refractivity (Wildman–Crippen MR) is 69.4 cm³/mol. The second-order valence-electron chi connectivity index (χ2n) is 4.68. The molecule has 84 valence electrons. The average Bonchev–Trinajstić information content (AvgIpc) is 2.39. The summed E-state index contributed by atoms with van der Waals surface area (Å²) in [7, 11) is 0. The van der Waals surface area contributed by atoms with Crippen LogP contribution in [0.25, 0.3) is 11.1 Å². The van der Waals surface area contributed by atoms with E-state index in [-0.39, 0.29) is 0 Å². The van der Waals surface area contributed by atoms with Crippen LogP contribution in [0.2, 0.25) is 0 Å². The quantitative estimate of drug-likeness (QED) is 0.670. The molecule has 17 heavy (non-hydrogen) atoms. The van der Waals surface area contributed by atoms with Gasteiger partial charge in [0.05, 0.1) is 0 Å². The fourth-order valence-corrected chi connectivity index (χ4v) is 2.78. The summed E-state index contributed by atoms with van der Waals surface area (Å²) in [4.78, 5) is 11.1. The van der Waals surface area contributed by atoms with Crippen molar-refractivity contribution in [1.82, 2.24) is 0 Å². The minimum Gasteiger partial charge on any atom is -0.298 e. The van der Waals surface area contributed by atoms with Crippen LogP contribution in [0, 0.1) is 0 Å². The molecule has 0 aromatic heterocycles. The van der Waals surface area contributed by atoms with Gasteiger partial charge in [0.25, 0.3) is 0 Å². The zero-order valence-corrected chi connectivity index (χ0v) is 9.81. The van der Waals surface area contributed by atoms with Gasteiger partial charge < -0.3 is 0 Å². The van der Waals surface area contributed by atoms with Crippen molar-refractivity contribution < 1.29 is 4.79 Å². The molecule has 0 radical (unpaired) electrons. The Kier molecular flexibility index (Phi) is 2.32. The van der Waals surface area contributed by atoms with Crippen molar-refractivity contribution in [2.75, 3.05) is 0 Å². The van der Waals surface area contributed by atoms with Gasteiger partial charge in [-0.05, 0) is 34.6 Å². The van der Waals surface area contributed by atoms with E-state index in [9.17, 15) is 4.79 Å². The minimum atomic E-state index is 0.486. The van der Waals surface area contributed by atoms with Crippen LogP contribution < -0.4 is 0 Å². The first-order valence-corrected chi connectivity index (χ1v) is 5.97. The first-order valence-electron chi connectivity index (χ1n) is 5.97. The summed E-state index contributed by atoms with van der Waals surface area (Å²) in [5, 5.41) is 0. The monoisotopic (exact) mass is 222 g/mol. The third-order valence-electron chi connectivity index (χ3n) is 3.63. The highest BCUT2D eigenvalue weighted by Gasteiger charge is 2.22. The number of carbonyl (C=O) groups is 1. The first-order chi connectivity index (χ1) is 8.31. The third kappa shape index (κ3) is 1.50. The number of carbonyl (C=O) groups excluding carboxylic acids is 1. The van der Waals surface area contributed by atoms with Crippen LogP contribution in [0.4, 0.5) is 0 Å². The summed E-state index contributed by atoms with van der Waals surface area (Å²) in [6, 6.07) is 14.5. The Bertz CT molecular complexity index is 584. The van der Waals surface area contributed by atoms with E-state index in [1.54, 1.807) is 0 Å². The number of aldehydes is 1. The van der Waals surface area contributed by atoms with Gasteiger partial charge in [0, 0.05) is 5.56 Å². The molecule has 0 heterocycles. The van der Waals surface area contributed by atoms with Crippen LogP contribution in [0.5, 0.6) is 0 Å². The molecule has 1 unspecified atom stereocenters. The molecule has 0 saturated heterocycles. The molecule has 0 amide bonds. The van der Waals surface area contributed by atoms with Gasteiger partial charge in [0.1, 0.15) is 6.29 Å². The van der Waals surface area contributed by atoms with Crippen molar-refractivity contribution >= 4 is 6.29 Å². The maximum Gasteiger partial charge on any atom is 0.150 e. The molecule has 1 heteroatoms. The Morgan fingerprint density at radius 1 is 1.06 bits per heavy atom. The Morgan fingerprint density at radius 3 is 2.65 bits per heavy atom. The topological polar surface area (TPSA) is 17.1 Å². The highest BCUT2D eigenvalue weighted by molar-refractivity contribution is 5.85. The summed E-state index contributed by atoms with van der Waals surface area (Å²) in [5.41, 5.74) is 5.94. The molecule has 1 atom stereocenters. The lowest BCUT2D eigenvalue weighted by Crippen LogP contribution is -2.10. The number of rotatable bonds is 1. The summed E-state index contributed by atoms with van der Waals surface area (Å²) in [6.45, 7) is 2.23. The first kappa shape index (κ1) is 10.3. The van der Waals surface area contributed by atoms with E-state index in [4.69, 9.17) is 0 Å². The molecule has 0 fully saturated rings. The Morgan fingerprint density at radius 2 is 1.82 bits per heavy atom. The normalized spacial score (nSPS) is 17.1. The van der Waals surface area contributed by atoms with Gasteiger partial charge in [-0.15, -0.1) is 0 Å². The highest BCUT2D eigenvalue weighted by Crippen LogP contribution is 2.40. The predicted octanol–water partition coefficient (Wildman–Crippen LogP) is 3.83. The van der Waals surface area contributed by atoms with Crippen molar-refractivity contribution in [3.8, 4) is 11.1 Å². The smallest absolute Gasteiger partial charge is 0.150 e. The van der Waals surface area contributed by atoms with Gasteiger partial charge in [0.2, 0.25) is 0 Å². The van der Waals surface area contributed by atoms with Crippen LogP contribution in [0.15, 0.2) is 42.5 Å². The molecule has 0 saturated carbocycles. The summed E-state index contributed by atoms with van der Waals surface area (Å²) < 4.78 is 0. The van der Waals surface area contributed by atoms with Crippen LogP contribution in [0.3, 0.4) is 0 Å². The van der Waals surface area contributed by atoms with E-state index in [1.165, 1.54) is 22.3 Å². The standard InChI is InChI=1S/C16H14O/c1-11-9-16-12(10-17)5-4-8-15(16)14-7-3-2-6-13(11)14/h2-8,10-11H,9H2,1H3. The van der Waals surface area contributed by atoms with Crippen LogP contribution in [0.1, 0.15) is 34.3 Å². The molecule has 1 nitrogen and oxygen atoms in total. The molecule has 1 aliphatic rings. The zero-order chi connectivity index (χ0) is 11.8. The van der Waals surface area contributed by atoms with Gasteiger partial charge in [-0.25, -0.2) is 0 Å². The molecule has 1 aliphatic carbocycles. The lowest BCUT2D eigenvalue weighted by molar-refractivity contribution is 0.112. The van der Waals surface area contributed by atoms with E-state index >= 15 is 0 Å². The minimum absolute atomic E-state index is 0.486. The third-order valence-corrected chi connectivity index (χ3v) is 3.63. The summed E-state index contributed by atoms with van der Waals surface area (Å²) in [5.74, 6) is 0.486. The van der Waals surface area contributed by atoms with Gasteiger partial charge in [0.15, 0.2) is 0 Å². The molecule has 2 aromatic rings. The SMILES string of the molecule is CC1Cc2c(C=O)cccc2-c2ccccc21. The van der Waals surface area contributed by atoms with E-state index in [0.29, 0.717) is 5.92 Å². The Labute approximate surface area is 101 Å². The number of hydrogen-bond donors (Lipinski definition) is 0. The van der Waals surface area contributed by atoms with Crippen molar-refractivity contribution in [2.45, 2.75) is 19.3 Å². The molecule has 0 bridgehead atoms. The molecule has 0 aliphatic heterocycles. The second-order valence-corrected chi connectivity index (χ2v) is 4.68. The molecule has 2 aromatic carbocycles. The largest absolute Gasteiger partial charge is 0.298 e. The van der Waals surface area contributed by atoms with Gasteiger partial charge >= 0.3 is 0 Å². The highest BCUT2D eigenvalue weighted by atomic mass is 16.1. The van der Waals surface area contributed by atoms with E-state index in [2.05, 4.69) is 37.3 Å². The fraction of sp³-hybridized carbons (Fsp3) is 0.188. The van der Waals surface area contributed by atoms with Gasteiger partial charge in [-0.2, -0.15) is 0 Å².